The van der Waals surface area contributed by atoms with Crippen LogP contribution in [0.5, 0.6) is 5.75 Å². The molecule has 1 aliphatic heterocycles. The molecule has 0 bridgehead atoms. The van der Waals surface area contributed by atoms with E-state index in [2.05, 4.69) is 10.3 Å². The SMILES string of the molecule is COc1ccc(/C=C2/N=C(c3ccc(F)c(F)c3)NC2=O)cc1F. The van der Waals surface area contributed by atoms with Crippen molar-refractivity contribution in [2.45, 2.75) is 0 Å². The first kappa shape index (κ1) is 15.8. The molecule has 0 aliphatic carbocycles. The smallest absolute Gasteiger partial charge is 0.275 e. The van der Waals surface area contributed by atoms with Crippen LogP contribution in [0.3, 0.4) is 0 Å². The number of methoxy groups -OCH3 is 1. The molecule has 1 aliphatic rings. The van der Waals surface area contributed by atoms with E-state index in [9.17, 15) is 18.0 Å². The third kappa shape index (κ3) is 3.01. The zero-order valence-corrected chi connectivity index (χ0v) is 12.4. The Bertz CT molecular complexity index is 891. The van der Waals surface area contributed by atoms with Gasteiger partial charge in [-0.1, -0.05) is 6.07 Å². The molecule has 4 nitrogen and oxygen atoms in total. The Hall–Kier alpha value is -3.09. The Balaban J connectivity index is 1.93. The zero-order valence-electron chi connectivity index (χ0n) is 12.4. The van der Waals surface area contributed by atoms with Crippen molar-refractivity contribution in [2.24, 2.45) is 4.99 Å². The van der Waals surface area contributed by atoms with Gasteiger partial charge in [-0.25, -0.2) is 18.2 Å². The molecule has 24 heavy (non-hydrogen) atoms. The number of benzene rings is 2. The van der Waals surface area contributed by atoms with Crippen molar-refractivity contribution in [2.75, 3.05) is 7.11 Å². The van der Waals surface area contributed by atoms with E-state index in [4.69, 9.17) is 4.74 Å². The summed E-state index contributed by atoms with van der Waals surface area (Å²) in [6.07, 6.45) is 1.38. The highest BCUT2D eigenvalue weighted by Crippen LogP contribution is 2.21. The van der Waals surface area contributed by atoms with Crippen LogP contribution in [-0.2, 0) is 4.79 Å². The normalized spacial score (nSPS) is 15.4. The minimum atomic E-state index is -1.04. The van der Waals surface area contributed by atoms with Gasteiger partial charge in [0.1, 0.15) is 11.5 Å². The van der Waals surface area contributed by atoms with Crippen LogP contribution in [0.1, 0.15) is 11.1 Å². The predicted molar refractivity (Wildman–Crippen MR) is 82.0 cm³/mol. The van der Waals surface area contributed by atoms with Gasteiger partial charge in [0.15, 0.2) is 23.2 Å². The van der Waals surface area contributed by atoms with Gasteiger partial charge >= 0.3 is 0 Å². The Labute approximate surface area is 135 Å². The van der Waals surface area contributed by atoms with Crippen LogP contribution >= 0.6 is 0 Å². The first-order chi connectivity index (χ1) is 11.5. The Kier molecular flexibility index (Phi) is 4.07. The molecule has 0 atom stereocenters. The molecule has 0 aromatic heterocycles. The number of rotatable bonds is 3. The summed E-state index contributed by atoms with van der Waals surface area (Å²) < 4.78 is 44.7. The van der Waals surface area contributed by atoms with E-state index in [0.717, 1.165) is 12.1 Å². The molecule has 122 valence electrons. The van der Waals surface area contributed by atoms with E-state index < -0.39 is 23.4 Å². The number of carbonyl (C=O) groups is 1. The maximum atomic E-state index is 13.7. The summed E-state index contributed by atoms with van der Waals surface area (Å²) in [6, 6.07) is 7.36. The summed E-state index contributed by atoms with van der Waals surface area (Å²) in [4.78, 5) is 16.0. The molecule has 2 aromatic carbocycles. The molecule has 0 unspecified atom stereocenters. The van der Waals surface area contributed by atoms with Gasteiger partial charge in [-0.2, -0.15) is 0 Å². The molecule has 0 radical (unpaired) electrons. The van der Waals surface area contributed by atoms with Gasteiger partial charge in [-0.05, 0) is 42.0 Å². The summed E-state index contributed by atoms with van der Waals surface area (Å²) in [5.41, 5.74) is 0.666. The summed E-state index contributed by atoms with van der Waals surface area (Å²) in [6.45, 7) is 0. The van der Waals surface area contributed by atoms with Crippen LogP contribution in [-0.4, -0.2) is 18.9 Å². The lowest BCUT2D eigenvalue weighted by atomic mass is 10.2. The minimum Gasteiger partial charge on any atom is -0.494 e. The number of halogens is 3. The number of amides is 1. The average molecular weight is 332 g/mol. The molecule has 0 fully saturated rings. The lowest BCUT2D eigenvalue weighted by Crippen LogP contribution is -2.24. The number of hydrogen-bond donors (Lipinski definition) is 1. The van der Waals surface area contributed by atoms with Gasteiger partial charge in [0.05, 0.1) is 7.11 Å². The molecule has 1 heterocycles. The first-order valence-electron chi connectivity index (χ1n) is 6.88. The topological polar surface area (TPSA) is 50.7 Å². The summed E-state index contributed by atoms with van der Waals surface area (Å²) >= 11 is 0. The minimum absolute atomic E-state index is 0.0271. The van der Waals surface area contributed by atoms with Crippen LogP contribution in [0, 0.1) is 17.5 Å². The number of ether oxygens (including phenoxy) is 1. The molecule has 1 amide bonds. The van der Waals surface area contributed by atoms with Crippen LogP contribution < -0.4 is 10.1 Å². The molecule has 0 saturated heterocycles. The Morgan fingerprint density at radius 3 is 2.50 bits per heavy atom. The number of aliphatic imine (C=N–C) groups is 1. The Morgan fingerprint density at radius 1 is 1.04 bits per heavy atom. The van der Waals surface area contributed by atoms with Crippen molar-refractivity contribution in [3.63, 3.8) is 0 Å². The predicted octanol–water partition coefficient (Wildman–Crippen LogP) is 3.03. The van der Waals surface area contributed by atoms with Gasteiger partial charge in [-0.15, -0.1) is 0 Å². The van der Waals surface area contributed by atoms with Crippen molar-refractivity contribution in [1.82, 2.24) is 5.32 Å². The van der Waals surface area contributed by atoms with Crippen LogP contribution in [0.2, 0.25) is 0 Å². The second-order valence-corrected chi connectivity index (χ2v) is 4.97. The zero-order chi connectivity index (χ0) is 17.3. The summed E-state index contributed by atoms with van der Waals surface area (Å²) in [7, 11) is 1.35. The fraction of sp³-hybridized carbons (Fsp3) is 0.0588. The van der Waals surface area contributed by atoms with Crippen molar-refractivity contribution in [1.29, 1.82) is 0 Å². The molecule has 2 aromatic rings. The second kappa shape index (κ2) is 6.19. The monoisotopic (exact) mass is 332 g/mol. The highest BCUT2D eigenvalue weighted by molar-refractivity contribution is 6.19. The highest BCUT2D eigenvalue weighted by atomic mass is 19.2. The van der Waals surface area contributed by atoms with Gasteiger partial charge in [0.2, 0.25) is 0 Å². The van der Waals surface area contributed by atoms with E-state index in [1.807, 2.05) is 0 Å². The molecule has 7 heteroatoms. The van der Waals surface area contributed by atoms with Gasteiger partial charge in [0, 0.05) is 5.56 Å². The Morgan fingerprint density at radius 2 is 1.83 bits per heavy atom. The average Bonchev–Trinajstić information content (AvgIpc) is 2.91. The number of nitrogens with one attached hydrogen (secondary N) is 1. The van der Waals surface area contributed by atoms with E-state index in [0.29, 0.717) is 5.56 Å². The van der Waals surface area contributed by atoms with Gasteiger partial charge in [0.25, 0.3) is 5.91 Å². The lowest BCUT2D eigenvalue weighted by Gasteiger charge is -2.02. The van der Waals surface area contributed by atoms with Crippen molar-refractivity contribution < 1.29 is 22.7 Å². The number of nitrogens with zero attached hydrogens (tertiary/aromatic N) is 1. The molecule has 0 saturated carbocycles. The third-order valence-electron chi connectivity index (χ3n) is 3.37. The molecule has 3 rings (SSSR count). The largest absolute Gasteiger partial charge is 0.494 e. The van der Waals surface area contributed by atoms with Gasteiger partial charge in [-0.3, -0.25) is 4.79 Å². The maximum absolute atomic E-state index is 13.7. The standard InChI is InChI=1S/C17H11F3N2O2/c1-24-15-5-2-9(6-13(15)20)7-14-17(23)22-16(21-14)10-3-4-11(18)12(19)8-10/h2-8H,1H3,(H,21,22,23)/b14-7+. The fourth-order valence-corrected chi connectivity index (χ4v) is 2.18. The van der Waals surface area contributed by atoms with E-state index in [1.54, 1.807) is 6.07 Å². The van der Waals surface area contributed by atoms with Crippen LogP contribution in [0.15, 0.2) is 47.1 Å². The highest BCUT2D eigenvalue weighted by Gasteiger charge is 2.22. The fourth-order valence-electron chi connectivity index (χ4n) is 2.18. The number of carbonyl (C=O) groups excluding carboxylic acids is 1. The lowest BCUT2D eigenvalue weighted by molar-refractivity contribution is -0.115. The quantitative estimate of drug-likeness (QED) is 0.879. The molecular weight excluding hydrogens is 321 g/mol. The van der Waals surface area contributed by atoms with Crippen molar-refractivity contribution in [3.05, 3.63) is 70.7 Å². The van der Waals surface area contributed by atoms with Gasteiger partial charge < -0.3 is 10.1 Å². The van der Waals surface area contributed by atoms with E-state index >= 15 is 0 Å². The first-order valence-corrected chi connectivity index (χ1v) is 6.88. The summed E-state index contributed by atoms with van der Waals surface area (Å²) in [5, 5.41) is 2.46. The van der Waals surface area contributed by atoms with Crippen LogP contribution in [0.25, 0.3) is 6.08 Å². The second-order valence-electron chi connectivity index (χ2n) is 4.97. The van der Waals surface area contributed by atoms with E-state index in [1.165, 1.54) is 31.4 Å². The van der Waals surface area contributed by atoms with Crippen LogP contribution in [0.4, 0.5) is 13.2 Å². The number of amidine groups is 1. The van der Waals surface area contributed by atoms with Crippen molar-refractivity contribution in [3.8, 4) is 5.75 Å². The van der Waals surface area contributed by atoms with Crippen molar-refractivity contribution >= 4 is 17.8 Å². The number of hydrogen-bond acceptors (Lipinski definition) is 3. The third-order valence-corrected chi connectivity index (χ3v) is 3.37. The molecule has 0 spiro atoms. The maximum Gasteiger partial charge on any atom is 0.275 e. The molecule has 1 N–H and O–H groups in total. The molecular formula is C17H11F3N2O2. The summed E-state index contributed by atoms with van der Waals surface area (Å²) in [5.74, 6) is -2.95. The van der Waals surface area contributed by atoms with E-state index in [-0.39, 0.29) is 22.8 Å².